The predicted molar refractivity (Wildman–Crippen MR) is 68.6 cm³/mol. The van der Waals surface area contributed by atoms with E-state index in [1.807, 2.05) is 30.3 Å². The van der Waals surface area contributed by atoms with Crippen LogP contribution in [0.25, 0.3) is 0 Å². The molecular weight excluding hydrogens is 246 g/mol. The van der Waals surface area contributed by atoms with Crippen molar-refractivity contribution in [3.8, 4) is 0 Å². The molecule has 1 aliphatic rings. The van der Waals surface area contributed by atoms with Gasteiger partial charge in [0.2, 0.25) is 5.54 Å². The van der Waals surface area contributed by atoms with E-state index in [0.717, 1.165) is 5.56 Å². The molecule has 1 aliphatic heterocycles. The van der Waals surface area contributed by atoms with E-state index in [9.17, 15) is 19.8 Å². The van der Waals surface area contributed by atoms with Crippen LogP contribution in [0.2, 0.25) is 0 Å². The third-order valence-electron chi connectivity index (χ3n) is 4.27. The Kier molecular flexibility index (Phi) is 3.32. The molecular formula is C14H18NO4+. The maximum Gasteiger partial charge on any atom is 0.514 e. The second-order valence-electron chi connectivity index (χ2n) is 5.30. The molecule has 102 valence electrons. The minimum absolute atomic E-state index is 0.207. The highest BCUT2D eigenvalue weighted by Gasteiger charge is 2.62. The summed E-state index contributed by atoms with van der Waals surface area (Å²) in [7, 11) is 0. The van der Waals surface area contributed by atoms with Gasteiger partial charge in [-0.05, 0) is 0 Å². The molecule has 0 bridgehead atoms. The maximum atomic E-state index is 11.8. The van der Waals surface area contributed by atoms with Crippen molar-refractivity contribution >= 4 is 12.1 Å². The molecule has 0 aliphatic carbocycles. The van der Waals surface area contributed by atoms with Crippen LogP contribution in [0.5, 0.6) is 0 Å². The monoisotopic (exact) mass is 264 g/mol. The van der Waals surface area contributed by atoms with E-state index in [0.29, 0.717) is 19.4 Å². The highest BCUT2D eigenvalue weighted by molar-refractivity contribution is 5.79. The van der Waals surface area contributed by atoms with Gasteiger partial charge < -0.3 is 10.2 Å². The summed E-state index contributed by atoms with van der Waals surface area (Å²) in [5, 5.41) is 19.1. The molecule has 19 heavy (non-hydrogen) atoms. The van der Waals surface area contributed by atoms with Crippen LogP contribution >= 0.6 is 0 Å². The van der Waals surface area contributed by atoms with E-state index in [-0.39, 0.29) is 6.54 Å². The SMILES string of the molecule is CC1(C(=O)O)CCC[N+]1(Cc1ccccc1)C(=O)O. The first-order valence-electron chi connectivity index (χ1n) is 6.30. The largest absolute Gasteiger partial charge is 0.514 e. The topological polar surface area (TPSA) is 74.6 Å². The van der Waals surface area contributed by atoms with Gasteiger partial charge in [-0.3, -0.25) is 0 Å². The minimum Gasteiger partial charge on any atom is -0.477 e. The van der Waals surface area contributed by atoms with Crippen LogP contribution in [-0.4, -0.2) is 38.8 Å². The summed E-state index contributed by atoms with van der Waals surface area (Å²) >= 11 is 0. The van der Waals surface area contributed by atoms with Crippen molar-refractivity contribution in [1.82, 2.24) is 0 Å². The maximum absolute atomic E-state index is 11.8. The molecule has 0 spiro atoms. The summed E-state index contributed by atoms with van der Waals surface area (Å²) in [6.45, 7) is 2.10. The van der Waals surface area contributed by atoms with Crippen LogP contribution in [0.3, 0.4) is 0 Å². The first kappa shape index (κ1) is 13.5. The average Bonchev–Trinajstić information content (AvgIpc) is 2.71. The van der Waals surface area contributed by atoms with Crippen LogP contribution in [0.15, 0.2) is 30.3 Å². The zero-order valence-electron chi connectivity index (χ0n) is 10.9. The molecule has 1 fully saturated rings. The molecule has 1 aromatic rings. The lowest BCUT2D eigenvalue weighted by atomic mass is 9.96. The summed E-state index contributed by atoms with van der Waals surface area (Å²) in [5.74, 6) is -1.04. The number of quaternary nitrogens is 1. The number of hydrogen-bond donors (Lipinski definition) is 2. The van der Waals surface area contributed by atoms with Crippen molar-refractivity contribution in [1.29, 1.82) is 0 Å². The van der Waals surface area contributed by atoms with Crippen LogP contribution in [-0.2, 0) is 11.3 Å². The summed E-state index contributed by atoms with van der Waals surface area (Å²) in [4.78, 5) is 23.3. The first-order valence-corrected chi connectivity index (χ1v) is 6.30. The highest BCUT2D eigenvalue weighted by atomic mass is 16.4. The lowest BCUT2D eigenvalue weighted by molar-refractivity contribution is -0.897. The van der Waals surface area contributed by atoms with Crippen molar-refractivity contribution in [2.45, 2.75) is 31.8 Å². The lowest BCUT2D eigenvalue weighted by Gasteiger charge is -2.39. The van der Waals surface area contributed by atoms with Gasteiger partial charge in [0.05, 0.1) is 6.54 Å². The van der Waals surface area contributed by atoms with Gasteiger partial charge in [0, 0.05) is 25.3 Å². The molecule has 0 radical (unpaired) electrons. The van der Waals surface area contributed by atoms with Crippen LogP contribution in [0, 0.1) is 0 Å². The Hall–Kier alpha value is -1.88. The summed E-state index contributed by atoms with van der Waals surface area (Å²) in [6.07, 6.45) is -0.0603. The van der Waals surface area contributed by atoms with Crippen molar-refractivity contribution in [3.05, 3.63) is 35.9 Å². The Morgan fingerprint density at radius 1 is 1.26 bits per heavy atom. The van der Waals surface area contributed by atoms with E-state index in [4.69, 9.17) is 0 Å². The van der Waals surface area contributed by atoms with Crippen LogP contribution in [0.4, 0.5) is 4.79 Å². The van der Waals surface area contributed by atoms with Gasteiger partial charge in [-0.2, -0.15) is 4.79 Å². The lowest BCUT2D eigenvalue weighted by Crippen LogP contribution is -2.65. The molecule has 0 aromatic heterocycles. The third kappa shape index (κ3) is 2.00. The number of likely N-dealkylation sites (tertiary alicyclic amines) is 1. The number of carboxylic acid groups (broad SMARTS) is 2. The molecule has 2 unspecified atom stereocenters. The Balaban J connectivity index is 2.44. The van der Waals surface area contributed by atoms with Crippen molar-refractivity contribution in [2.24, 2.45) is 0 Å². The Morgan fingerprint density at radius 2 is 1.89 bits per heavy atom. The standard InChI is InChI=1S/C14H17NO4/c1-14(12(16)17)8-5-9-15(14,13(18)19)10-11-6-3-2-4-7-11/h2-4,6-7H,5,8-10H2,1H3,(H-,16,17,18,19)/p+1. The Morgan fingerprint density at radius 3 is 2.42 bits per heavy atom. The van der Waals surface area contributed by atoms with Crippen LogP contribution < -0.4 is 0 Å². The fraction of sp³-hybridized carbons (Fsp3) is 0.429. The molecule has 1 amide bonds. The van der Waals surface area contributed by atoms with Gasteiger partial charge in [0.1, 0.15) is 6.54 Å². The normalized spacial score (nSPS) is 30.2. The smallest absolute Gasteiger partial charge is 0.477 e. The van der Waals surface area contributed by atoms with Gasteiger partial charge in [-0.1, -0.05) is 30.3 Å². The molecule has 2 N–H and O–H groups in total. The van der Waals surface area contributed by atoms with Gasteiger partial charge in [-0.25, -0.2) is 9.28 Å². The summed E-state index contributed by atoms with van der Waals surface area (Å²) in [6, 6.07) is 9.20. The number of hydrogen-bond acceptors (Lipinski definition) is 2. The number of benzene rings is 1. The molecule has 1 aromatic carbocycles. The number of aliphatic carboxylic acids is 1. The number of nitrogens with zero attached hydrogens (tertiary/aromatic N) is 1. The third-order valence-corrected chi connectivity index (χ3v) is 4.27. The van der Waals surface area contributed by atoms with E-state index in [2.05, 4.69) is 0 Å². The van der Waals surface area contributed by atoms with Crippen LogP contribution in [0.1, 0.15) is 25.3 Å². The summed E-state index contributed by atoms with van der Waals surface area (Å²) in [5.41, 5.74) is -0.416. The number of rotatable bonds is 3. The van der Waals surface area contributed by atoms with E-state index in [1.165, 1.54) is 0 Å². The molecule has 5 nitrogen and oxygen atoms in total. The first-order chi connectivity index (χ1) is 8.92. The fourth-order valence-electron chi connectivity index (χ4n) is 2.97. The number of carbonyl (C=O) groups is 2. The van der Waals surface area contributed by atoms with Gasteiger partial charge >= 0.3 is 12.1 Å². The van der Waals surface area contributed by atoms with Gasteiger partial charge in [0.25, 0.3) is 0 Å². The molecule has 5 heteroatoms. The fourth-order valence-corrected chi connectivity index (χ4v) is 2.97. The second kappa shape index (κ2) is 4.66. The summed E-state index contributed by atoms with van der Waals surface area (Å²) < 4.78 is -0.424. The highest BCUT2D eigenvalue weighted by Crippen LogP contribution is 2.39. The zero-order valence-corrected chi connectivity index (χ0v) is 10.9. The Bertz CT molecular complexity index is 501. The average molecular weight is 264 g/mol. The molecule has 1 heterocycles. The Labute approximate surface area is 111 Å². The van der Waals surface area contributed by atoms with E-state index < -0.39 is 22.1 Å². The van der Waals surface area contributed by atoms with E-state index in [1.54, 1.807) is 6.92 Å². The zero-order chi connectivity index (χ0) is 14.1. The predicted octanol–water partition coefficient (Wildman–Crippen LogP) is 2.32. The number of amides is 1. The molecule has 1 saturated heterocycles. The van der Waals surface area contributed by atoms with Gasteiger partial charge in [-0.15, -0.1) is 0 Å². The number of carboxylic acids is 1. The second-order valence-corrected chi connectivity index (χ2v) is 5.30. The van der Waals surface area contributed by atoms with Crippen molar-refractivity contribution < 1.29 is 24.3 Å². The molecule has 2 rings (SSSR count). The minimum atomic E-state index is -1.26. The molecule has 0 saturated carbocycles. The van der Waals surface area contributed by atoms with Crippen molar-refractivity contribution in [2.75, 3.05) is 6.54 Å². The molecule has 2 atom stereocenters. The van der Waals surface area contributed by atoms with Gasteiger partial charge in [0.15, 0.2) is 0 Å². The van der Waals surface area contributed by atoms with E-state index >= 15 is 0 Å². The van der Waals surface area contributed by atoms with Crippen molar-refractivity contribution in [3.63, 3.8) is 0 Å². The quantitative estimate of drug-likeness (QED) is 0.821.